The Bertz CT molecular complexity index is 7370. The molecule has 0 radical (unpaired) electrons. The van der Waals surface area contributed by atoms with E-state index in [-0.39, 0.29) is 67.4 Å². The van der Waals surface area contributed by atoms with E-state index in [1.807, 2.05) is 100 Å². The lowest BCUT2D eigenvalue weighted by molar-refractivity contribution is 0.137. The third-order valence-corrected chi connectivity index (χ3v) is 48.5. The summed E-state index contributed by atoms with van der Waals surface area (Å²) < 4.78 is 141. The Kier molecular flexibility index (Phi) is 30.7. The molecule has 12 aromatic heterocycles. The van der Waals surface area contributed by atoms with Crippen molar-refractivity contribution in [3.05, 3.63) is 206 Å². The number of nitriles is 16. The summed E-state index contributed by atoms with van der Waals surface area (Å²) in [6, 6.07) is 58.0. The molecule has 712 valence electrons. The van der Waals surface area contributed by atoms with Crippen LogP contribution in [0.15, 0.2) is 142 Å². The predicted octanol–water partition coefficient (Wildman–Crippen LogP) is 30.6. The van der Waals surface area contributed by atoms with Crippen molar-refractivity contribution in [3.8, 4) is 175 Å². The smallest absolute Gasteiger partial charge is 0.196 e. The highest BCUT2D eigenvalue weighted by atomic mass is 32.1. The summed E-state index contributed by atoms with van der Waals surface area (Å²) >= 11 is 15.2. The summed E-state index contributed by atoms with van der Waals surface area (Å²) in [4.78, 5) is 10.0. The molecule has 0 aromatic carbocycles. The van der Waals surface area contributed by atoms with Gasteiger partial charge >= 0.3 is 23.7 Å². The Hall–Kier alpha value is -14.2. The van der Waals surface area contributed by atoms with Crippen LogP contribution in [0.5, 0.6) is 0 Å². The molecule has 0 atom stereocenters. The topological polar surface area (TPSA) is 381 Å². The van der Waals surface area contributed by atoms with E-state index in [0.29, 0.717) is 113 Å². The van der Waals surface area contributed by atoms with Gasteiger partial charge in [-0.2, -0.15) is 119 Å². The number of halogens is 8. The van der Waals surface area contributed by atoms with Crippen LogP contribution in [0.4, 0.5) is 35.1 Å². The van der Waals surface area contributed by atoms with E-state index >= 15 is 35.1 Å². The van der Waals surface area contributed by atoms with Gasteiger partial charge in [-0.05, 0) is 146 Å². The maximum absolute atomic E-state index is 17.2. The lowest BCUT2D eigenvalue weighted by Crippen LogP contribution is -2.71. The minimum absolute atomic E-state index is 0.0676. The minimum atomic E-state index is -4.09. The number of unbranched alkanes of at least 4 members (excludes halogenated alkanes) is 12. The molecule has 12 aromatic rings. The number of hydrogen-bond acceptors (Lipinski definition) is 28. The molecule has 0 bridgehead atoms. The molecule has 145 heavy (non-hydrogen) atoms. The normalized spacial score (nSPS) is 13.9. The van der Waals surface area contributed by atoms with Crippen molar-refractivity contribution in [1.82, 2.24) is 0 Å². The van der Waals surface area contributed by atoms with Gasteiger partial charge in [-0.3, -0.25) is 0 Å². The Morgan fingerprint density at radius 3 is 0.531 bits per heavy atom. The van der Waals surface area contributed by atoms with Crippen molar-refractivity contribution in [2.24, 2.45) is 0 Å². The number of nitrogens with zero attached hydrogens (tertiary/aromatic N) is 16. The molecule has 0 spiro atoms. The van der Waals surface area contributed by atoms with E-state index in [4.69, 9.17) is 0 Å². The molecule has 37 heteroatoms. The van der Waals surface area contributed by atoms with Gasteiger partial charge in [-0.25, -0.2) is 0 Å². The first kappa shape index (κ1) is 104. The van der Waals surface area contributed by atoms with Crippen molar-refractivity contribution in [3.63, 3.8) is 0 Å². The van der Waals surface area contributed by atoms with E-state index in [0.717, 1.165) is 154 Å². The van der Waals surface area contributed by atoms with Crippen molar-refractivity contribution >= 4 is 207 Å². The second-order valence-corrected chi connectivity index (χ2v) is 51.7. The van der Waals surface area contributed by atoms with Gasteiger partial charge in [0.15, 0.2) is 0 Å². The molecule has 4 aliphatic rings. The molecular formula is C108H68F8N16S12Si. The highest BCUT2D eigenvalue weighted by molar-refractivity contribution is 7.55. The van der Waals surface area contributed by atoms with E-state index in [2.05, 4.69) is 24.3 Å². The fourth-order valence-corrected chi connectivity index (χ4v) is 44.5. The zero-order valence-electron chi connectivity index (χ0n) is 77.0. The van der Waals surface area contributed by atoms with Gasteiger partial charge in [0.05, 0.1) is 44.6 Å². The second kappa shape index (κ2) is 43.0. The standard InChI is InChI=1S/C108H68F8N16S12Si/c1-5-9-13-17-21-65-85-89(57(41-117)42-118)105(109,110)93(61(49-125)50-126)101(85)141-97(65)77-29-25-69(133-77)73-33-37-81(137-73)145(82-38-34-74(138-82)70-26-30-78(134-70)98-66(22-18-14-10-6-2)86-90(58(43-119)44-120)106(111,112)94(102(86)142-98)62(51-127)52-128,83-39-35-75(139-83)71-27-31-79(135-71)99-67(23-19-15-11-7-3)87-91(59(45-121)46-122)107(113,114)95(103(87)143-99)63(53-129)54-130)84-40-36-76(140-84)72-28-32-80(136-72)100-68(24-20-16-12-8-4)88-92(60(47-123)48-124)108(115,116)96(104(88)144-100)64(55-131)56-132/h25-40H,5-24H2,1-4H3. The largest absolute Gasteiger partial charge is 0.304 e. The Morgan fingerprint density at radius 1 is 0.200 bits per heavy atom. The summed E-state index contributed by atoms with van der Waals surface area (Å²) in [6.45, 7) is 8.07. The maximum Gasteiger partial charge on any atom is 0.304 e. The van der Waals surface area contributed by atoms with E-state index in [1.54, 1.807) is 97.1 Å². The molecule has 4 aliphatic carbocycles. The number of allylic oxidation sites excluding steroid dienone is 16. The fourth-order valence-electron chi connectivity index (χ4n) is 19.1. The van der Waals surface area contributed by atoms with Gasteiger partial charge in [0, 0.05) is 138 Å². The molecule has 16 nitrogen and oxygen atoms in total. The third kappa shape index (κ3) is 17.7. The van der Waals surface area contributed by atoms with E-state index in [9.17, 15) is 84.2 Å². The van der Waals surface area contributed by atoms with Crippen LogP contribution in [0.2, 0.25) is 0 Å². The predicted molar refractivity (Wildman–Crippen MR) is 564 cm³/mol. The van der Waals surface area contributed by atoms with Gasteiger partial charge in [-0.15, -0.1) is 136 Å². The molecule has 0 unspecified atom stereocenters. The molecule has 12 heterocycles. The van der Waals surface area contributed by atoms with Crippen LogP contribution < -0.4 is 18.0 Å². The third-order valence-electron chi connectivity index (χ3n) is 25.6. The number of alkyl halides is 8. The van der Waals surface area contributed by atoms with Crippen LogP contribution in [0.1, 0.15) is 194 Å². The highest BCUT2D eigenvalue weighted by Crippen LogP contribution is 2.67. The highest BCUT2D eigenvalue weighted by Gasteiger charge is 2.59. The van der Waals surface area contributed by atoms with Crippen LogP contribution in [0.25, 0.3) is 123 Å². The number of thiophene rings is 12. The van der Waals surface area contributed by atoms with E-state index < -0.39 is 121 Å². The molecule has 16 rings (SSSR count). The van der Waals surface area contributed by atoms with E-state index in [1.165, 1.54) is 90.7 Å². The van der Waals surface area contributed by atoms with Gasteiger partial charge in [-0.1, -0.05) is 129 Å². The molecule has 0 aliphatic heterocycles. The monoisotopic (exact) mass is 2150 g/mol. The lowest BCUT2D eigenvalue weighted by Gasteiger charge is -2.28. The lowest BCUT2D eigenvalue weighted by atomic mass is 9.94. The molecule has 0 amide bonds. The SMILES string of the molecule is CCCCCCc1c(-c2ccc(-c3ccc([Si](c4ccc(-c5ccc(-c6sc7c(c6CCCCCC)C(=C(C#N)C#N)C(F)(F)C7=C(C#N)C#N)s5)s4)(c4ccc(-c5ccc(-c6sc7c(c6CCCCCC)C(=C(C#N)C#N)C(F)(F)C7=C(C#N)C#N)s5)s4)c4ccc(-c5ccc(-c6sc7c(c6CCCCCC)C(=C(C#N)C#N)C(F)(F)C7=C(C#N)C#N)s5)s4)s3)s2)sc2c1C(=C(C#N)C#N)C(F)(F)C2=C(C#N)C#N. The molecule has 0 N–H and O–H groups in total. The van der Waals surface area contributed by atoms with Crippen LogP contribution in [0, 0.1) is 181 Å². The van der Waals surface area contributed by atoms with Gasteiger partial charge in [0.1, 0.15) is 142 Å². The maximum atomic E-state index is 17.2. The van der Waals surface area contributed by atoms with Gasteiger partial charge in [0.25, 0.3) is 0 Å². The summed E-state index contributed by atoms with van der Waals surface area (Å²) in [6.07, 6.45) is 12.2. The zero-order valence-corrected chi connectivity index (χ0v) is 87.8. The quantitative estimate of drug-likeness (QED) is 0.0164. The first-order valence-electron chi connectivity index (χ1n) is 45.5. The van der Waals surface area contributed by atoms with Gasteiger partial charge < -0.3 is 0 Å². The van der Waals surface area contributed by atoms with Crippen molar-refractivity contribution in [2.45, 2.75) is 180 Å². The first-order chi connectivity index (χ1) is 70.1. The first-order valence-corrected chi connectivity index (χ1v) is 57.3. The van der Waals surface area contributed by atoms with Crippen LogP contribution in [-0.2, 0) is 25.7 Å². The number of hydrogen-bond donors (Lipinski definition) is 0. The Balaban J connectivity index is 0.937. The molecule has 0 fully saturated rings. The fraction of sp³-hybridized carbons (Fsp3) is 0.259. The molecular weight excluding hydrogens is 2090 g/mol. The summed E-state index contributed by atoms with van der Waals surface area (Å²) in [7, 11) is -4.01. The average molecular weight is 2150 g/mol. The second-order valence-electron chi connectivity index (χ2n) is 33.8. The Morgan fingerprint density at radius 2 is 0.359 bits per heavy atom. The van der Waals surface area contributed by atoms with Crippen molar-refractivity contribution in [2.75, 3.05) is 0 Å². The van der Waals surface area contributed by atoms with Crippen molar-refractivity contribution in [1.29, 1.82) is 84.2 Å². The van der Waals surface area contributed by atoms with Crippen LogP contribution in [-0.4, -0.2) is 31.8 Å². The van der Waals surface area contributed by atoms with Crippen LogP contribution in [0.3, 0.4) is 0 Å². The van der Waals surface area contributed by atoms with Gasteiger partial charge in [0.2, 0.25) is 8.07 Å². The number of rotatable bonds is 32. The van der Waals surface area contributed by atoms with Crippen molar-refractivity contribution < 1.29 is 35.1 Å². The zero-order chi connectivity index (χ0) is 103. The molecule has 0 saturated heterocycles. The summed E-state index contributed by atoms with van der Waals surface area (Å²) in [5, 5.41) is 166. The van der Waals surface area contributed by atoms with Crippen LogP contribution >= 0.6 is 136 Å². The summed E-state index contributed by atoms with van der Waals surface area (Å²) in [5.74, 6) is -16.3. The number of fused-ring (bicyclic) bond motifs is 4. The Labute approximate surface area is 878 Å². The summed E-state index contributed by atoms with van der Waals surface area (Å²) in [5.41, 5.74) is -12.7. The average Bonchev–Trinajstić information content (AvgIpc) is 1.56. The molecule has 0 saturated carbocycles. The minimum Gasteiger partial charge on any atom is -0.196 e.